The molecule has 3 aliphatic rings. The van der Waals surface area contributed by atoms with Crippen LogP contribution in [-0.2, 0) is 4.74 Å². The SMILES string of the molecule is CN(CC1CCCOC1)C1CC2CCC(C1)N2. The van der Waals surface area contributed by atoms with Gasteiger partial charge in [-0.15, -0.1) is 0 Å². The van der Waals surface area contributed by atoms with E-state index in [2.05, 4.69) is 17.3 Å². The van der Waals surface area contributed by atoms with Gasteiger partial charge in [0.2, 0.25) is 0 Å². The summed E-state index contributed by atoms with van der Waals surface area (Å²) < 4.78 is 5.59. The van der Waals surface area contributed by atoms with Crippen LogP contribution in [0.2, 0.25) is 0 Å². The number of hydrogen-bond acceptors (Lipinski definition) is 3. The van der Waals surface area contributed by atoms with Crippen molar-refractivity contribution in [2.24, 2.45) is 5.92 Å². The standard InChI is InChI=1S/C14H26N2O/c1-16(9-11-3-2-6-17-10-11)14-7-12-4-5-13(8-14)15-12/h11-15H,2-10H2,1H3. The molecule has 3 saturated heterocycles. The van der Waals surface area contributed by atoms with Gasteiger partial charge in [0.15, 0.2) is 0 Å². The molecule has 3 aliphatic heterocycles. The molecule has 3 rings (SSSR count). The van der Waals surface area contributed by atoms with E-state index in [4.69, 9.17) is 4.74 Å². The van der Waals surface area contributed by atoms with Gasteiger partial charge < -0.3 is 15.0 Å². The van der Waals surface area contributed by atoms with Gasteiger partial charge in [0.25, 0.3) is 0 Å². The van der Waals surface area contributed by atoms with E-state index in [1.807, 2.05) is 0 Å². The average molecular weight is 238 g/mol. The molecule has 3 heteroatoms. The molecule has 0 radical (unpaired) electrons. The molecule has 17 heavy (non-hydrogen) atoms. The van der Waals surface area contributed by atoms with Crippen molar-refractivity contribution < 1.29 is 4.74 Å². The molecule has 1 N–H and O–H groups in total. The van der Waals surface area contributed by atoms with Gasteiger partial charge in [-0.1, -0.05) is 0 Å². The predicted octanol–water partition coefficient (Wildman–Crippen LogP) is 1.63. The summed E-state index contributed by atoms with van der Waals surface area (Å²) >= 11 is 0. The maximum atomic E-state index is 5.59. The van der Waals surface area contributed by atoms with E-state index >= 15 is 0 Å². The van der Waals surface area contributed by atoms with Crippen LogP contribution in [-0.4, -0.2) is 49.8 Å². The molecule has 0 aliphatic carbocycles. The average Bonchev–Trinajstić information content (AvgIpc) is 2.69. The normalized spacial score (nSPS) is 42.0. The number of rotatable bonds is 3. The zero-order valence-electron chi connectivity index (χ0n) is 11.0. The minimum Gasteiger partial charge on any atom is -0.381 e. The van der Waals surface area contributed by atoms with Gasteiger partial charge in [-0.05, 0) is 51.5 Å². The molecule has 3 fully saturated rings. The van der Waals surface area contributed by atoms with E-state index < -0.39 is 0 Å². The number of nitrogens with one attached hydrogen (secondary N) is 1. The Morgan fingerprint density at radius 2 is 1.94 bits per heavy atom. The Balaban J connectivity index is 1.49. The third kappa shape index (κ3) is 2.83. The van der Waals surface area contributed by atoms with Crippen LogP contribution in [0.25, 0.3) is 0 Å². The van der Waals surface area contributed by atoms with Crippen molar-refractivity contribution in [1.82, 2.24) is 10.2 Å². The van der Waals surface area contributed by atoms with E-state index in [0.717, 1.165) is 37.3 Å². The van der Waals surface area contributed by atoms with Gasteiger partial charge in [-0.25, -0.2) is 0 Å². The maximum absolute atomic E-state index is 5.59. The fourth-order valence-electron chi connectivity index (χ4n) is 3.89. The van der Waals surface area contributed by atoms with Crippen LogP contribution in [0, 0.1) is 5.92 Å². The van der Waals surface area contributed by atoms with Crippen LogP contribution in [0.5, 0.6) is 0 Å². The van der Waals surface area contributed by atoms with Crippen LogP contribution in [0.1, 0.15) is 38.5 Å². The summed E-state index contributed by atoms with van der Waals surface area (Å²) in [5.74, 6) is 0.779. The third-order valence-corrected chi connectivity index (χ3v) is 4.87. The number of fused-ring (bicyclic) bond motifs is 2. The molecule has 2 bridgehead atoms. The topological polar surface area (TPSA) is 24.5 Å². The fraction of sp³-hybridized carbons (Fsp3) is 1.00. The molecule has 0 amide bonds. The van der Waals surface area contributed by atoms with Gasteiger partial charge in [0.1, 0.15) is 0 Å². The van der Waals surface area contributed by atoms with E-state index in [1.165, 1.54) is 45.1 Å². The van der Waals surface area contributed by atoms with Crippen molar-refractivity contribution in [1.29, 1.82) is 0 Å². The molecule has 0 saturated carbocycles. The number of ether oxygens (including phenoxy) is 1. The second-order valence-electron chi connectivity index (χ2n) is 6.29. The Morgan fingerprint density at radius 1 is 1.18 bits per heavy atom. The van der Waals surface area contributed by atoms with Crippen molar-refractivity contribution in [2.75, 3.05) is 26.8 Å². The second kappa shape index (κ2) is 5.25. The van der Waals surface area contributed by atoms with Crippen molar-refractivity contribution in [3.8, 4) is 0 Å². The minimum atomic E-state index is 0.779. The maximum Gasteiger partial charge on any atom is 0.0506 e. The molecule has 3 heterocycles. The summed E-state index contributed by atoms with van der Waals surface area (Å²) in [7, 11) is 2.32. The molecular weight excluding hydrogens is 212 g/mol. The minimum absolute atomic E-state index is 0.779. The first kappa shape index (κ1) is 11.9. The summed E-state index contributed by atoms with van der Waals surface area (Å²) in [6, 6.07) is 2.43. The highest BCUT2D eigenvalue weighted by atomic mass is 16.5. The summed E-state index contributed by atoms with van der Waals surface area (Å²) in [5.41, 5.74) is 0. The first-order valence-corrected chi connectivity index (χ1v) is 7.35. The lowest BCUT2D eigenvalue weighted by Crippen LogP contribution is -2.48. The molecule has 0 aromatic carbocycles. The molecule has 3 unspecified atom stereocenters. The van der Waals surface area contributed by atoms with Crippen LogP contribution >= 0.6 is 0 Å². The van der Waals surface area contributed by atoms with Crippen LogP contribution in [0.4, 0.5) is 0 Å². The van der Waals surface area contributed by atoms with Gasteiger partial charge in [-0.2, -0.15) is 0 Å². The van der Waals surface area contributed by atoms with Crippen molar-refractivity contribution in [3.63, 3.8) is 0 Å². The Bertz CT molecular complexity index is 241. The molecule has 3 nitrogen and oxygen atoms in total. The van der Waals surface area contributed by atoms with E-state index in [9.17, 15) is 0 Å². The quantitative estimate of drug-likeness (QED) is 0.809. The highest BCUT2D eigenvalue weighted by Crippen LogP contribution is 2.30. The van der Waals surface area contributed by atoms with Crippen LogP contribution in [0.3, 0.4) is 0 Å². The summed E-state index contributed by atoms with van der Waals surface area (Å²) in [6.45, 7) is 3.21. The largest absolute Gasteiger partial charge is 0.381 e. The van der Waals surface area contributed by atoms with Gasteiger partial charge in [0.05, 0.1) is 6.61 Å². The van der Waals surface area contributed by atoms with Crippen molar-refractivity contribution >= 4 is 0 Å². The smallest absolute Gasteiger partial charge is 0.0506 e. The summed E-state index contributed by atoms with van der Waals surface area (Å²) in [4.78, 5) is 2.62. The number of piperidine rings is 1. The summed E-state index contributed by atoms with van der Waals surface area (Å²) in [6.07, 6.45) is 8.16. The van der Waals surface area contributed by atoms with E-state index in [-0.39, 0.29) is 0 Å². The monoisotopic (exact) mass is 238 g/mol. The third-order valence-electron chi connectivity index (χ3n) is 4.87. The van der Waals surface area contributed by atoms with Gasteiger partial charge in [0, 0.05) is 31.3 Å². The highest BCUT2D eigenvalue weighted by Gasteiger charge is 2.35. The molecule has 0 aromatic heterocycles. The zero-order chi connectivity index (χ0) is 11.7. The number of nitrogens with zero attached hydrogens (tertiary/aromatic N) is 1. The molecular formula is C14H26N2O. The lowest BCUT2D eigenvalue weighted by Gasteiger charge is -2.37. The predicted molar refractivity (Wildman–Crippen MR) is 69.1 cm³/mol. The Hall–Kier alpha value is -0.120. The second-order valence-corrected chi connectivity index (χ2v) is 6.29. The van der Waals surface area contributed by atoms with E-state index in [0.29, 0.717) is 0 Å². The van der Waals surface area contributed by atoms with Crippen LogP contribution < -0.4 is 5.32 Å². The lowest BCUT2D eigenvalue weighted by atomic mass is 9.96. The zero-order valence-corrected chi connectivity index (χ0v) is 11.0. The first-order chi connectivity index (χ1) is 8.31. The van der Waals surface area contributed by atoms with Gasteiger partial charge >= 0.3 is 0 Å². The van der Waals surface area contributed by atoms with E-state index in [1.54, 1.807) is 0 Å². The van der Waals surface area contributed by atoms with Crippen molar-refractivity contribution in [3.05, 3.63) is 0 Å². The Labute approximate surface area is 105 Å². The highest BCUT2D eigenvalue weighted by molar-refractivity contribution is 4.95. The van der Waals surface area contributed by atoms with Gasteiger partial charge in [-0.3, -0.25) is 0 Å². The van der Waals surface area contributed by atoms with Crippen molar-refractivity contribution in [2.45, 2.75) is 56.7 Å². The molecule has 0 spiro atoms. The first-order valence-electron chi connectivity index (χ1n) is 7.35. The molecule has 3 atom stereocenters. The Morgan fingerprint density at radius 3 is 2.59 bits per heavy atom. The number of hydrogen-bond donors (Lipinski definition) is 1. The summed E-state index contributed by atoms with van der Waals surface area (Å²) in [5, 5.41) is 3.73. The lowest BCUT2D eigenvalue weighted by molar-refractivity contribution is 0.0319. The Kier molecular flexibility index (Phi) is 3.69. The molecule has 98 valence electrons. The van der Waals surface area contributed by atoms with Crippen LogP contribution in [0.15, 0.2) is 0 Å². The molecule has 0 aromatic rings. The fourth-order valence-corrected chi connectivity index (χ4v) is 3.89.